The van der Waals surface area contributed by atoms with Crippen LogP contribution in [0.3, 0.4) is 0 Å². The number of fused-ring (bicyclic) bond motifs is 1. The average Bonchev–Trinajstić information content (AvgIpc) is 3.18. The molecule has 0 N–H and O–H groups in total. The molecule has 7 nitrogen and oxygen atoms in total. The molecule has 0 aliphatic carbocycles. The minimum atomic E-state index is 0.424. The van der Waals surface area contributed by atoms with E-state index in [1.165, 1.54) is 5.56 Å². The third kappa shape index (κ3) is 3.04. The highest BCUT2D eigenvalue weighted by atomic mass is 35.5. The molecular formula is C17H20ClN7. The van der Waals surface area contributed by atoms with Crippen LogP contribution >= 0.6 is 11.6 Å². The van der Waals surface area contributed by atoms with Gasteiger partial charge in [-0.25, -0.2) is 9.50 Å². The number of hydrogen-bond acceptors (Lipinski definition) is 6. The third-order valence-corrected chi connectivity index (χ3v) is 5.08. The minimum absolute atomic E-state index is 0.424. The van der Waals surface area contributed by atoms with Crippen molar-refractivity contribution in [1.29, 1.82) is 0 Å². The predicted octanol–water partition coefficient (Wildman–Crippen LogP) is 2.56. The van der Waals surface area contributed by atoms with E-state index in [0.29, 0.717) is 16.8 Å². The van der Waals surface area contributed by atoms with Crippen molar-refractivity contribution in [3.63, 3.8) is 0 Å². The summed E-state index contributed by atoms with van der Waals surface area (Å²) < 4.78 is 1.86. The molecule has 1 aliphatic rings. The van der Waals surface area contributed by atoms with E-state index in [1.54, 1.807) is 6.07 Å². The first-order valence-corrected chi connectivity index (χ1v) is 8.82. The highest BCUT2D eigenvalue weighted by molar-refractivity contribution is 6.29. The summed E-state index contributed by atoms with van der Waals surface area (Å²) in [6, 6.07) is 3.72. The van der Waals surface area contributed by atoms with Gasteiger partial charge in [0, 0.05) is 24.5 Å². The van der Waals surface area contributed by atoms with Gasteiger partial charge >= 0.3 is 0 Å². The van der Waals surface area contributed by atoms with Crippen molar-refractivity contribution in [3.05, 3.63) is 40.1 Å². The Morgan fingerprint density at radius 1 is 1.16 bits per heavy atom. The summed E-state index contributed by atoms with van der Waals surface area (Å²) in [6.45, 7) is 8.00. The van der Waals surface area contributed by atoms with Gasteiger partial charge < -0.3 is 4.90 Å². The van der Waals surface area contributed by atoms with Crippen molar-refractivity contribution in [2.75, 3.05) is 18.0 Å². The predicted molar refractivity (Wildman–Crippen MR) is 96.1 cm³/mol. The Labute approximate surface area is 151 Å². The summed E-state index contributed by atoms with van der Waals surface area (Å²) in [5, 5.41) is 13.0. The number of hydrogen-bond donors (Lipinski definition) is 0. The van der Waals surface area contributed by atoms with Crippen LogP contribution in [0.25, 0.3) is 5.78 Å². The molecule has 0 spiro atoms. The maximum absolute atomic E-state index is 5.83. The average molecular weight is 358 g/mol. The first-order valence-electron chi connectivity index (χ1n) is 8.45. The molecule has 3 aromatic rings. The highest BCUT2D eigenvalue weighted by Crippen LogP contribution is 2.27. The van der Waals surface area contributed by atoms with Crippen molar-refractivity contribution in [2.24, 2.45) is 5.92 Å². The van der Waals surface area contributed by atoms with E-state index in [1.807, 2.05) is 17.5 Å². The van der Waals surface area contributed by atoms with Crippen LogP contribution in [0, 0.1) is 26.7 Å². The van der Waals surface area contributed by atoms with Crippen molar-refractivity contribution in [1.82, 2.24) is 29.8 Å². The van der Waals surface area contributed by atoms with Gasteiger partial charge in [0.05, 0.1) is 0 Å². The zero-order valence-electron chi connectivity index (χ0n) is 14.6. The minimum Gasteiger partial charge on any atom is -0.355 e. The molecule has 0 aromatic carbocycles. The first kappa shape index (κ1) is 16.2. The Morgan fingerprint density at radius 2 is 2.00 bits per heavy atom. The zero-order valence-corrected chi connectivity index (χ0v) is 15.3. The molecule has 1 atom stereocenters. The van der Waals surface area contributed by atoms with E-state index >= 15 is 0 Å². The molecule has 0 amide bonds. The summed E-state index contributed by atoms with van der Waals surface area (Å²) in [6.07, 6.45) is 2.11. The fraction of sp³-hybridized carbons (Fsp3) is 0.471. The Bertz CT molecular complexity index is 919. The van der Waals surface area contributed by atoms with E-state index < -0.39 is 0 Å². The Morgan fingerprint density at radius 3 is 2.76 bits per heavy atom. The number of halogens is 1. The Balaban J connectivity index is 1.55. The van der Waals surface area contributed by atoms with Gasteiger partial charge in [0.1, 0.15) is 5.82 Å². The number of nitrogens with zero attached hydrogens (tertiary/aromatic N) is 7. The first-order chi connectivity index (χ1) is 12.0. The largest absolute Gasteiger partial charge is 0.355 e. The molecule has 4 rings (SSSR count). The fourth-order valence-corrected chi connectivity index (χ4v) is 3.68. The van der Waals surface area contributed by atoms with Crippen LogP contribution in [-0.2, 0) is 6.42 Å². The van der Waals surface area contributed by atoms with E-state index in [-0.39, 0.29) is 0 Å². The van der Waals surface area contributed by atoms with Crippen LogP contribution in [0.15, 0.2) is 12.1 Å². The molecule has 8 heteroatoms. The van der Waals surface area contributed by atoms with Crippen LogP contribution in [0.2, 0.25) is 5.15 Å². The molecule has 0 radical (unpaired) electrons. The fourth-order valence-electron chi connectivity index (χ4n) is 3.58. The molecule has 130 valence electrons. The van der Waals surface area contributed by atoms with Gasteiger partial charge in [0.15, 0.2) is 11.0 Å². The second-order valence-electron chi connectivity index (χ2n) is 6.65. The van der Waals surface area contributed by atoms with Gasteiger partial charge in [-0.3, -0.25) is 0 Å². The van der Waals surface area contributed by atoms with E-state index in [4.69, 9.17) is 11.6 Å². The highest BCUT2D eigenvalue weighted by Gasteiger charge is 2.26. The lowest BCUT2D eigenvalue weighted by atomic mass is 9.96. The number of rotatable bonds is 3. The van der Waals surface area contributed by atoms with Crippen molar-refractivity contribution >= 4 is 23.2 Å². The molecule has 0 unspecified atom stereocenters. The number of aryl methyl sites for hydroxylation is 3. The molecule has 0 bridgehead atoms. The van der Waals surface area contributed by atoms with Crippen LogP contribution < -0.4 is 4.90 Å². The molecule has 25 heavy (non-hydrogen) atoms. The SMILES string of the molecule is Cc1nc2nc(C)c(C[C@@H]3CCN(c4ccc(Cl)nn4)C3)c(C)n2n1. The second kappa shape index (κ2) is 6.22. The maximum atomic E-state index is 5.83. The van der Waals surface area contributed by atoms with Crippen LogP contribution in [-0.4, -0.2) is 42.9 Å². The molecule has 1 saturated heterocycles. The van der Waals surface area contributed by atoms with Crippen molar-refractivity contribution in [2.45, 2.75) is 33.6 Å². The normalized spacial score (nSPS) is 17.6. The topological polar surface area (TPSA) is 72.1 Å². The summed E-state index contributed by atoms with van der Waals surface area (Å²) >= 11 is 5.83. The maximum Gasteiger partial charge on any atom is 0.252 e. The lowest BCUT2D eigenvalue weighted by Crippen LogP contribution is -2.22. The third-order valence-electron chi connectivity index (χ3n) is 4.88. The lowest BCUT2D eigenvalue weighted by Gasteiger charge is -2.18. The summed E-state index contributed by atoms with van der Waals surface area (Å²) in [4.78, 5) is 11.3. The Hall–Kier alpha value is -2.28. The monoisotopic (exact) mass is 357 g/mol. The van der Waals surface area contributed by atoms with E-state index in [2.05, 4.69) is 44.0 Å². The van der Waals surface area contributed by atoms with Crippen LogP contribution in [0.4, 0.5) is 5.82 Å². The zero-order chi connectivity index (χ0) is 17.6. The van der Waals surface area contributed by atoms with Crippen LogP contribution in [0.1, 0.15) is 29.2 Å². The van der Waals surface area contributed by atoms with Gasteiger partial charge in [-0.2, -0.15) is 10.1 Å². The summed E-state index contributed by atoms with van der Waals surface area (Å²) in [7, 11) is 0. The second-order valence-corrected chi connectivity index (χ2v) is 7.04. The van der Waals surface area contributed by atoms with E-state index in [0.717, 1.165) is 49.0 Å². The molecule has 4 heterocycles. The smallest absolute Gasteiger partial charge is 0.252 e. The molecular weight excluding hydrogens is 338 g/mol. The summed E-state index contributed by atoms with van der Waals surface area (Å²) in [5.41, 5.74) is 3.45. The Kier molecular flexibility index (Phi) is 4.03. The quantitative estimate of drug-likeness (QED) is 0.717. The van der Waals surface area contributed by atoms with Gasteiger partial charge in [-0.05, 0) is 57.2 Å². The molecule has 1 aliphatic heterocycles. The molecule has 0 saturated carbocycles. The van der Waals surface area contributed by atoms with E-state index in [9.17, 15) is 0 Å². The number of aromatic nitrogens is 6. The number of anilines is 1. The van der Waals surface area contributed by atoms with Crippen LogP contribution in [0.5, 0.6) is 0 Å². The van der Waals surface area contributed by atoms with Crippen molar-refractivity contribution in [3.8, 4) is 0 Å². The standard InChI is InChI=1S/C17H20ClN7/c1-10-14(11(2)25-17(19-10)20-12(3)23-25)8-13-6-7-24(9-13)16-5-4-15(18)21-22-16/h4-5,13H,6-9H2,1-3H3/t13-/m0/s1. The summed E-state index contributed by atoms with van der Waals surface area (Å²) in [5.74, 6) is 2.88. The van der Waals surface area contributed by atoms with Gasteiger partial charge in [0.2, 0.25) is 0 Å². The van der Waals surface area contributed by atoms with Gasteiger partial charge in [0.25, 0.3) is 5.78 Å². The molecule has 3 aromatic heterocycles. The van der Waals surface area contributed by atoms with Gasteiger partial charge in [-0.1, -0.05) is 11.6 Å². The lowest BCUT2D eigenvalue weighted by molar-refractivity contribution is 0.576. The van der Waals surface area contributed by atoms with Crippen molar-refractivity contribution < 1.29 is 0 Å². The van der Waals surface area contributed by atoms with Gasteiger partial charge in [-0.15, -0.1) is 10.2 Å². The molecule has 1 fully saturated rings.